The fourth-order valence-corrected chi connectivity index (χ4v) is 2.78. The fourth-order valence-electron chi connectivity index (χ4n) is 2.78. The topological polar surface area (TPSA) is 43.2 Å². The third-order valence-corrected chi connectivity index (χ3v) is 4.05. The molecule has 4 nitrogen and oxygen atoms in total. The van der Waals surface area contributed by atoms with Crippen LogP contribution >= 0.6 is 0 Å². The molecular weight excluding hydrogens is 288 g/mol. The van der Waals surface area contributed by atoms with Crippen molar-refractivity contribution in [3.8, 4) is 0 Å². The Morgan fingerprint density at radius 1 is 0.870 bits per heavy atom. The molecule has 0 spiro atoms. The zero-order valence-corrected chi connectivity index (χ0v) is 14.8. The first-order valence-corrected chi connectivity index (χ1v) is 8.54. The molecule has 3 atom stereocenters. The van der Waals surface area contributed by atoms with Crippen molar-refractivity contribution < 1.29 is 9.47 Å². The average molecular weight is 316 g/mol. The highest BCUT2D eigenvalue weighted by atomic mass is 16.5. The van der Waals surface area contributed by atoms with Crippen LogP contribution in [-0.2, 0) is 9.47 Å². The van der Waals surface area contributed by atoms with Crippen LogP contribution in [0.3, 0.4) is 0 Å². The zero-order chi connectivity index (χ0) is 16.8. The van der Waals surface area contributed by atoms with Crippen molar-refractivity contribution in [2.45, 2.75) is 52.6 Å². The summed E-state index contributed by atoms with van der Waals surface area (Å²) in [6.07, 6.45) is 0. The van der Waals surface area contributed by atoms with Gasteiger partial charge in [-0.05, 0) is 25.3 Å². The Kier molecular flexibility index (Phi) is 6.20. The molecule has 0 amide bonds. The molecule has 126 valence electrons. The molecule has 1 aromatic rings. The van der Waals surface area contributed by atoms with Crippen molar-refractivity contribution >= 4 is 11.8 Å². The van der Waals surface area contributed by atoms with Crippen LogP contribution < -0.4 is 0 Å². The summed E-state index contributed by atoms with van der Waals surface area (Å²) in [7, 11) is 0. The maximum atomic E-state index is 5.83. The first-order chi connectivity index (χ1) is 11.1. The van der Waals surface area contributed by atoms with Gasteiger partial charge < -0.3 is 9.47 Å². The van der Waals surface area contributed by atoms with E-state index in [1.54, 1.807) is 0 Å². The largest absolute Gasteiger partial charge is 0.480 e. The summed E-state index contributed by atoms with van der Waals surface area (Å²) in [5.41, 5.74) is 1.23. The van der Waals surface area contributed by atoms with Gasteiger partial charge in [0.2, 0.25) is 11.8 Å². The van der Waals surface area contributed by atoms with Gasteiger partial charge in [0.05, 0.1) is 13.2 Å². The molecule has 0 radical (unpaired) electrons. The minimum absolute atomic E-state index is 0.0595. The second kappa shape index (κ2) is 8.14. The van der Waals surface area contributed by atoms with Gasteiger partial charge in [-0.2, -0.15) is 0 Å². The molecule has 0 aromatic heterocycles. The molecular formula is C19H28N2O2. The Hall–Kier alpha value is -1.84. The highest BCUT2D eigenvalue weighted by molar-refractivity contribution is 5.94. The Balaban J connectivity index is 2.36. The fraction of sp³-hybridized carbons (Fsp3) is 0.579. The van der Waals surface area contributed by atoms with Crippen LogP contribution in [0.25, 0.3) is 0 Å². The van der Waals surface area contributed by atoms with Gasteiger partial charge in [-0.25, -0.2) is 9.98 Å². The van der Waals surface area contributed by atoms with E-state index in [1.807, 2.05) is 19.9 Å². The summed E-state index contributed by atoms with van der Waals surface area (Å²) in [5.74, 6) is 1.97. The van der Waals surface area contributed by atoms with Crippen LogP contribution in [0.1, 0.15) is 46.1 Å². The lowest BCUT2D eigenvalue weighted by molar-refractivity contribution is 0.272. The van der Waals surface area contributed by atoms with Crippen LogP contribution in [0.4, 0.5) is 0 Å². The molecule has 4 heteroatoms. The summed E-state index contributed by atoms with van der Waals surface area (Å²) in [5, 5.41) is 0. The molecule has 2 rings (SSSR count). The molecule has 0 saturated carbocycles. The molecule has 0 unspecified atom stereocenters. The average Bonchev–Trinajstić information content (AvgIpc) is 2.56. The first-order valence-electron chi connectivity index (χ1n) is 8.54. The summed E-state index contributed by atoms with van der Waals surface area (Å²) in [6, 6.07) is 10.2. The molecule has 0 aliphatic carbocycles. The van der Waals surface area contributed by atoms with Gasteiger partial charge in [-0.1, -0.05) is 51.1 Å². The highest BCUT2D eigenvalue weighted by Crippen LogP contribution is 2.28. The smallest absolute Gasteiger partial charge is 0.210 e. The predicted octanol–water partition coefficient (Wildman–Crippen LogP) is 4.07. The predicted molar refractivity (Wildman–Crippen MR) is 95.4 cm³/mol. The lowest BCUT2D eigenvalue weighted by Gasteiger charge is -2.31. The molecule has 1 heterocycles. The summed E-state index contributed by atoms with van der Waals surface area (Å²) >= 11 is 0. The van der Waals surface area contributed by atoms with Gasteiger partial charge in [0.1, 0.15) is 12.1 Å². The molecule has 1 aliphatic rings. The standard InChI is InChI=1S/C19H28N2O2/c1-6-22-18-16(13(3)4)20-19(23-7-2)17(21-18)14(5)15-11-9-8-10-12-15/h8-14,16-17H,6-7H2,1-5H3/t14-,16+,17-/m0/s1. The van der Waals surface area contributed by atoms with E-state index < -0.39 is 0 Å². The van der Waals surface area contributed by atoms with Crippen molar-refractivity contribution in [2.75, 3.05) is 13.2 Å². The molecule has 0 fully saturated rings. The minimum atomic E-state index is -0.131. The number of hydrogen-bond acceptors (Lipinski definition) is 4. The van der Waals surface area contributed by atoms with E-state index in [4.69, 9.17) is 19.5 Å². The van der Waals surface area contributed by atoms with Crippen molar-refractivity contribution in [3.05, 3.63) is 35.9 Å². The van der Waals surface area contributed by atoms with E-state index in [-0.39, 0.29) is 18.0 Å². The van der Waals surface area contributed by atoms with Crippen LogP contribution in [-0.4, -0.2) is 37.1 Å². The summed E-state index contributed by atoms with van der Waals surface area (Å²) < 4.78 is 11.6. The van der Waals surface area contributed by atoms with E-state index in [0.717, 1.165) is 11.8 Å². The van der Waals surface area contributed by atoms with E-state index in [0.29, 0.717) is 19.1 Å². The third kappa shape index (κ3) is 4.12. The van der Waals surface area contributed by atoms with Crippen molar-refractivity contribution in [3.63, 3.8) is 0 Å². The molecule has 1 aliphatic heterocycles. The zero-order valence-electron chi connectivity index (χ0n) is 14.8. The number of benzene rings is 1. The maximum absolute atomic E-state index is 5.83. The van der Waals surface area contributed by atoms with E-state index in [2.05, 4.69) is 45.0 Å². The maximum Gasteiger partial charge on any atom is 0.210 e. The lowest BCUT2D eigenvalue weighted by atomic mass is 9.91. The van der Waals surface area contributed by atoms with Crippen molar-refractivity contribution in [1.29, 1.82) is 0 Å². The van der Waals surface area contributed by atoms with E-state index in [1.165, 1.54) is 5.56 Å². The van der Waals surface area contributed by atoms with Gasteiger partial charge in [-0.15, -0.1) is 0 Å². The number of ether oxygens (including phenoxy) is 2. The van der Waals surface area contributed by atoms with Gasteiger partial charge >= 0.3 is 0 Å². The second-order valence-electron chi connectivity index (χ2n) is 6.13. The Morgan fingerprint density at radius 3 is 1.91 bits per heavy atom. The minimum Gasteiger partial charge on any atom is -0.480 e. The number of hydrogen-bond donors (Lipinski definition) is 0. The normalized spacial score (nSPS) is 22.3. The molecule has 0 N–H and O–H groups in total. The second-order valence-corrected chi connectivity index (χ2v) is 6.13. The van der Waals surface area contributed by atoms with Crippen molar-refractivity contribution in [1.82, 2.24) is 0 Å². The van der Waals surface area contributed by atoms with E-state index in [9.17, 15) is 0 Å². The lowest BCUT2D eigenvalue weighted by Crippen LogP contribution is -2.40. The van der Waals surface area contributed by atoms with Crippen LogP contribution in [0.5, 0.6) is 0 Å². The van der Waals surface area contributed by atoms with Gasteiger partial charge in [-0.3, -0.25) is 0 Å². The third-order valence-electron chi connectivity index (χ3n) is 4.05. The number of nitrogens with zero attached hydrogens (tertiary/aromatic N) is 2. The summed E-state index contributed by atoms with van der Waals surface area (Å²) in [6.45, 7) is 11.6. The number of aliphatic imine (C=N–C) groups is 2. The quantitative estimate of drug-likeness (QED) is 0.822. The molecule has 23 heavy (non-hydrogen) atoms. The Labute approximate surface area is 139 Å². The highest BCUT2D eigenvalue weighted by Gasteiger charge is 2.34. The van der Waals surface area contributed by atoms with Gasteiger partial charge in [0, 0.05) is 5.92 Å². The van der Waals surface area contributed by atoms with E-state index >= 15 is 0 Å². The van der Waals surface area contributed by atoms with Gasteiger partial charge in [0.15, 0.2) is 0 Å². The van der Waals surface area contributed by atoms with Crippen LogP contribution in [0.15, 0.2) is 40.3 Å². The SMILES string of the molecule is CCOC1=N[C@H](C(C)C)C(OCC)=N[C@H]1[C@@H](C)c1ccccc1. The number of rotatable bonds is 5. The van der Waals surface area contributed by atoms with Crippen LogP contribution in [0.2, 0.25) is 0 Å². The first kappa shape index (κ1) is 17.5. The summed E-state index contributed by atoms with van der Waals surface area (Å²) in [4.78, 5) is 9.73. The monoisotopic (exact) mass is 316 g/mol. The van der Waals surface area contributed by atoms with Crippen LogP contribution in [0, 0.1) is 5.92 Å². The Bertz CT molecular complexity index is 552. The molecule has 0 saturated heterocycles. The van der Waals surface area contributed by atoms with Crippen molar-refractivity contribution in [2.24, 2.45) is 15.9 Å². The Morgan fingerprint density at radius 2 is 1.39 bits per heavy atom. The molecule has 1 aromatic carbocycles. The van der Waals surface area contributed by atoms with Gasteiger partial charge in [0.25, 0.3) is 0 Å². The molecule has 0 bridgehead atoms.